The van der Waals surface area contributed by atoms with Crippen LogP contribution >= 0.6 is 22.6 Å². The van der Waals surface area contributed by atoms with Gasteiger partial charge in [0.05, 0.1) is 5.56 Å². The van der Waals surface area contributed by atoms with E-state index in [2.05, 4.69) is 22.6 Å². The van der Waals surface area contributed by atoms with Crippen LogP contribution in [0.2, 0.25) is 0 Å². The summed E-state index contributed by atoms with van der Waals surface area (Å²) in [5.41, 5.74) is 0.415. The maximum absolute atomic E-state index is 12.5. The molecule has 4 heteroatoms. The summed E-state index contributed by atoms with van der Waals surface area (Å²) in [6.07, 6.45) is 7.08. The second-order valence-corrected chi connectivity index (χ2v) is 6.47. The molecule has 1 amide bonds. The van der Waals surface area contributed by atoms with Crippen LogP contribution in [-0.2, 0) is 0 Å². The lowest BCUT2D eigenvalue weighted by molar-refractivity contribution is 0.0714. The second kappa shape index (κ2) is 6.59. The van der Waals surface area contributed by atoms with Gasteiger partial charge >= 0.3 is 0 Å². The van der Waals surface area contributed by atoms with Crippen molar-refractivity contribution in [2.24, 2.45) is 0 Å². The Labute approximate surface area is 128 Å². The van der Waals surface area contributed by atoms with E-state index >= 15 is 0 Å². The Morgan fingerprint density at radius 2 is 1.89 bits per heavy atom. The first-order valence-corrected chi connectivity index (χ1v) is 7.93. The average Bonchev–Trinajstić information content (AvgIpc) is 2.69. The largest absolute Gasteiger partial charge is 0.507 e. The molecule has 104 valence electrons. The highest BCUT2D eigenvalue weighted by Crippen LogP contribution is 2.25. The first-order valence-electron chi connectivity index (χ1n) is 6.85. The molecule has 0 saturated heterocycles. The van der Waals surface area contributed by atoms with E-state index in [-0.39, 0.29) is 11.7 Å². The van der Waals surface area contributed by atoms with Gasteiger partial charge in [-0.05, 0) is 53.6 Å². The minimum absolute atomic E-state index is 0.0667. The van der Waals surface area contributed by atoms with E-state index in [1.807, 2.05) is 11.9 Å². The van der Waals surface area contributed by atoms with Crippen molar-refractivity contribution in [3.8, 4) is 5.75 Å². The summed E-state index contributed by atoms with van der Waals surface area (Å²) in [4.78, 5) is 14.3. The number of hydrogen-bond acceptors (Lipinski definition) is 2. The van der Waals surface area contributed by atoms with Gasteiger partial charge in [-0.25, -0.2) is 0 Å². The molecular formula is C15H20INO2. The van der Waals surface area contributed by atoms with Crippen LogP contribution in [0.3, 0.4) is 0 Å². The topological polar surface area (TPSA) is 40.5 Å². The molecule has 19 heavy (non-hydrogen) atoms. The second-order valence-electron chi connectivity index (χ2n) is 5.22. The third-order valence-electron chi connectivity index (χ3n) is 3.88. The Bertz CT molecular complexity index is 453. The van der Waals surface area contributed by atoms with E-state index in [1.165, 1.54) is 25.7 Å². The van der Waals surface area contributed by atoms with Gasteiger partial charge in [0.15, 0.2) is 0 Å². The third-order valence-corrected chi connectivity index (χ3v) is 4.55. The lowest BCUT2D eigenvalue weighted by Gasteiger charge is -2.27. The molecule has 1 aromatic carbocycles. The Morgan fingerprint density at radius 1 is 1.26 bits per heavy atom. The SMILES string of the molecule is CN(C(=O)c1cc(I)ccc1O)C1CCCCCC1. The molecule has 0 bridgehead atoms. The number of benzene rings is 1. The molecule has 0 aliphatic heterocycles. The molecule has 1 aliphatic carbocycles. The van der Waals surface area contributed by atoms with Gasteiger partial charge in [0, 0.05) is 16.7 Å². The van der Waals surface area contributed by atoms with Crippen LogP contribution in [0.1, 0.15) is 48.9 Å². The molecule has 1 N–H and O–H groups in total. The molecule has 2 rings (SSSR count). The number of phenols is 1. The van der Waals surface area contributed by atoms with Crippen LogP contribution in [0, 0.1) is 3.57 Å². The zero-order chi connectivity index (χ0) is 13.8. The molecule has 0 spiro atoms. The zero-order valence-corrected chi connectivity index (χ0v) is 13.4. The van der Waals surface area contributed by atoms with Crippen molar-refractivity contribution in [1.29, 1.82) is 0 Å². The first kappa shape index (κ1) is 14.6. The van der Waals surface area contributed by atoms with E-state index in [0.29, 0.717) is 11.6 Å². The molecule has 0 heterocycles. The van der Waals surface area contributed by atoms with E-state index in [4.69, 9.17) is 0 Å². The Kier molecular flexibility index (Phi) is 5.07. The van der Waals surface area contributed by atoms with Gasteiger partial charge in [0.2, 0.25) is 0 Å². The monoisotopic (exact) mass is 373 g/mol. The summed E-state index contributed by atoms with van der Waals surface area (Å²) in [5.74, 6) is 0.00815. The van der Waals surface area contributed by atoms with Crippen LogP contribution in [0.4, 0.5) is 0 Å². The van der Waals surface area contributed by atoms with E-state index in [1.54, 1.807) is 18.2 Å². The number of hydrogen-bond donors (Lipinski definition) is 1. The molecule has 0 unspecified atom stereocenters. The fourth-order valence-corrected chi connectivity index (χ4v) is 3.17. The lowest BCUT2D eigenvalue weighted by atomic mass is 10.1. The summed E-state index contributed by atoms with van der Waals surface area (Å²) in [6, 6.07) is 5.46. The van der Waals surface area contributed by atoms with Gasteiger partial charge in [-0.1, -0.05) is 25.7 Å². The van der Waals surface area contributed by atoms with Crippen molar-refractivity contribution in [1.82, 2.24) is 4.90 Å². The lowest BCUT2D eigenvalue weighted by Crippen LogP contribution is -2.36. The molecule has 3 nitrogen and oxygen atoms in total. The van der Waals surface area contributed by atoms with Crippen molar-refractivity contribution in [3.05, 3.63) is 27.3 Å². The van der Waals surface area contributed by atoms with Crippen molar-refractivity contribution in [2.45, 2.75) is 44.6 Å². The highest BCUT2D eigenvalue weighted by atomic mass is 127. The molecular weight excluding hydrogens is 353 g/mol. The van der Waals surface area contributed by atoms with Gasteiger partial charge in [-0.15, -0.1) is 0 Å². The van der Waals surface area contributed by atoms with Crippen molar-refractivity contribution in [2.75, 3.05) is 7.05 Å². The first-order chi connectivity index (χ1) is 9.09. The molecule has 0 radical (unpaired) electrons. The number of halogens is 1. The normalized spacial score (nSPS) is 16.9. The molecule has 0 aromatic heterocycles. The Hall–Kier alpha value is -0.780. The van der Waals surface area contributed by atoms with Crippen molar-refractivity contribution >= 4 is 28.5 Å². The minimum Gasteiger partial charge on any atom is -0.507 e. The predicted octanol–water partition coefficient (Wildman–Crippen LogP) is 3.79. The Morgan fingerprint density at radius 3 is 2.53 bits per heavy atom. The molecule has 1 aromatic rings. The number of carbonyl (C=O) groups excluding carboxylic acids is 1. The van der Waals surface area contributed by atoms with Gasteiger partial charge in [-0.3, -0.25) is 4.79 Å². The van der Waals surface area contributed by atoms with Crippen LogP contribution in [-0.4, -0.2) is 29.0 Å². The van der Waals surface area contributed by atoms with Gasteiger partial charge in [0.25, 0.3) is 5.91 Å². The number of nitrogens with zero attached hydrogens (tertiary/aromatic N) is 1. The molecule has 0 atom stereocenters. The molecule has 1 saturated carbocycles. The Balaban J connectivity index is 2.15. The van der Waals surface area contributed by atoms with Crippen LogP contribution < -0.4 is 0 Å². The van der Waals surface area contributed by atoms with E-state index in [9.17, 15) is 9.90 Å². The number of aromatic hydroxyl groups is 1. The summed E-state index contributed by atoms with van der Waals surface area (Å²) in [5, 5.41) is 9.86. The average molecular weight is 373 g/mol. The summed E-state index contributed by atoms with van der Waals surface area (Å²) >= 11 is 2.16. The zero-order valence-electron chi connectivity index (χ0n) is 11.2. The quantitative estimate of drug-likeness (QED) is 0.633. The summed E-state index contributed by atoms with van der Waals surface area (Å²) in [6.45, 7) is 0. The predicted molar refractivity (Wildman–Crippen MR) is 84.4 cm³/mol. The number of phenolic OH excluding ortho intramolecular Hbond substituents is 1. The summed E-state index contributed by atoms with van der Waals surface area (Å²) in [7, 11) is 1.86. The molecule has 1 fully saturated rings. The van der Waals surface area contributed by atoms with Gasteiger partial charge in [0.1, 0.15) is 5.75 Å². The summed E-state index contributed by atoms with van der Waals surface area (Å²) < 4.78 is 0.966. The maximum atomic E-state index is 12.5. The molecule has 1 aliphatic rings. The van der Waals surface area contributed by atoms with Crippen LogP contribution in [0.5, 0.6) is 5.75 Å². The van der Waals surface area contributed by atoms with Crippen LogP contribution in [0.15, 0.2) is 18.2 Å². The number of amides is 1. The highest BCUT2D eigenvalue weighted by molar-refractivity contribution is 14.1. The number of carbonyl (C=O) groups is 1. The highest BCUT2D eigenvalue weighted by Gasteiger charge is 2.24. The third kappa shape index (κ3) is 3.61. The standard InChI is InChI=1S/C15H20INO2/c1-17(12-6-4-2-3-5-7-12)15(19)13-10-11(16)8-9-14(13)18/h8-10,12,18H,2-7H2,1H3. The van der Waals surface area contributed by atoms with Gasteiger partial charge < -0.3 is 10.0 Å². The fourth-order valence-electron chi connectivity index (χ4n) is 2.68. The van der Waals surface area contributed by atoms with E-state index < -0.39 is 0 Å². The van der Waals surface area contributed by atoms with E-state index in [0.717, 1.165) is 16.4 Å². The van der Waals surface area contributed by atoms with Crippen LogP contribution in [0.25, 0.3) is 0 Å². The minimum atomic E-state index is -0.0667. The number of rotatable bonds is 2. The smallest absolute Gasteiger partial charge is 0.257 e. The van der Waals surface area contributed by atoms with Crippen molar-refractivity contribution in [3.63, 3.8) is 0 Å². The van der Waals surface area contributed by atoms with Gasteiger partial charge in [-0.2, -0.15) is 0 Å². The fraction of sp³-hybridized carbons (Fsp3) is 0.533. The maximum Gasteiger partial charge on any atom is 0.257 e. The van der Waals surface area contributed by atoms with Crippen molar-refractivity contribution < 1.29 is 9.90 Å².